The van der Waals surface area contributed by atoms with Gasteiger partial charge in [0, 0.05) is 16.9 Å². The molecule has 0 bridgehead atoms. The van der Waals surface area contributed by atoms with Gasteiger partial charge in [0.05, 0.1) is 0 Å². The molecule has 0 saturated heterocycles. The minimum absolute atomic E-state index is 0.0965. The second-order valence-electron chi connectivity index (χ2n) is 2.30. The van der Waals surface area contributed by atoms with Gasteiger partial charge in [0.25, 0.3) is 0 Å². The van der Waals surface area contributed by atoms with Crippen LogP contribution in [0.5, 0.6) is 0 Å². The van der Waals surface area contributed by atoms with Gasteiger partial charge >= 0.3 is 0 Å². The fourth-order valence-electron chi connectivity index (χ4n) is 0.697. The zero-order chi connectivity index (χ0) is 5.70. The highest BCUT2D eigenvalue weighted by molar-refractivity contribution is 7.34. The average Bonchev–Trinajstić information content (AvgIpc) is 1.68. The molecule has 1 atom stereocenters. The Bertz CT molecular complexity index is 37.9. The SMILES string of the molecule is CCC[SiH]([SiH3])[SiH2]C. The van der Waals surface area contributed by atoms with Crippen molar-refractivity contribution < 1.29 is 0 Å². The Balaban J connectivity index is 2.83. The summed E-state index contributed by atoms with van der Waals surface area (Å²) in [7, 11) is 2.22. The fraction of sp³-hybridized carbons (Fsp3) is 1.00. The van der Waals surface area contributed by atoms with E-state index in [4.69, 9.17) is 0 Å². The molecule has 0 spiro atoms. The van der Waals surface area contributed by atoms with Gasteiger partial charge in [0.2, 0.25) is 0 Å². The van der Waals surface area contributed by atoms with Crippen LogP contribution in [0.4, 0.5) is 0 Å². The highest BCUT2D eigenvalue weighted by atomic mass is 29.5. The van der Waals surface area contributed by atoms with E-state index in [0.717, 1.165) is 0 Å². The van der Waals surface area contributed by atoms with Crippen molar-refractivity contribution in [2.45, 2.75) is 25.9 Å². The van der Waals surface area contributed by atoms with Crippen molar-refractivity contribution in [3.05, 3.63) is 0 Å². The van der Waals surface area contributed by atoms with E-state index in [9.17, 15) is 0 Å². The smallest absolute Gasteiger partial charge is 0.00877 e. The van der Waals surface area contributed by atoms with Crippen LogP contribution < -0.4 is 0 Å². The van der Waals surface area contributed by atoms with Crippen LogP contribution in [0.3, 0.4) is 0 Å². The number of hydrogen-bond acceptors (Lipinski definition) is 0. The first kappa shape index (κ1) is 7.65. The zero-order valence-electron chi connectivity index (χ0n) is 5.70. The van der Waals surface area contributed by atoms with Gasteiger partial charge in [-0.05, 0) is 9.76 Å². The fourth-order valence-corrected chi connectivity index (χ4v) is 6.27. The molecule has 0 radical (unpaired) electrons. The Kier molecular flexibility index (Phi) is 5.25. The molecule has 0 aromatic carbocycles. The van der Waals surface area contributed by atoms with Crippen molar-refractivity contribution in [2.75, 3.05) is 0 Å². The van der Waals surface area contributed by atoms with Gasteiger partial charge in [-0.15, -0.1) is 0 Å². The first-order valence-electron chi connectivity index (χ1n) is 3.31. The quantitative estimate of drug-likeness (QED) is 0.460. The van der Waals surface area contributed by atoms with E-state index in [0.29, 0.717) is 9.04 Å². The number of hydrogen-bond donors (Lipinski definition) is 0. The first-order chi connectivity index (χ1) is 3.31. The van der Waals surface area contributed by atoms with Crippen molar-refractivity contribution in [1.82, 2.24) is 0 Å². The molecule has 0 amide bonds. The molecule has 0 aromatic heterocycles. The summed E-state index contributed by atoms with van der Waals surface area (Å²) in [5.41, 5.74) is 0. The van der Waals surface area contributed by atoms with Crippen molar-refractivity contribution in [3.63, 3.8) is 0 Å². The van der Waals surface area contributed by atoms with Crippen LogP contribution in [-0.2, 0) is 0 Å². The lowest BCUT2D eigenvalue weighted by Gasteiger charge is -1.99. The predicted molar refractivity (Wildman–Crippen MR) is 46.6 cm³/mol. The highest BCUT2D eigenvalue weighted by Crippen LogP contribution is 1.89. The minimum Gasteiger partial charge on any atom is -0.0771 e. The molecule has 0 N–H and O–H groups in total. The third-order valence-corrected chi connectivity index (χ3v) is 18.9. The second kappa shape index (κ2) is 4.80. The maximum atomic E-state index is 2.49. The summed E-state index contributed by atoms with van der Waals surface area (Å²) in [5, 5.41) is 0. The molecule has 0 rings (SSSR count). The van der Waals surface area contributed by atoms with Gasteiger partial charge in [-0.3, -0.25) is 0 Å². The van der Waals surface area contributed by atoms with Crippen molar-refractivity contribution in [1.29, 1.82) is 0 Å². The highest BCUT2D eigenvalue weighted by Gasteiger charge is 1.95. The molecular formula is C4H16Si3. The molecule has 1 unspecified atom stereocenters. The van der Waals surface area contributed by atoms with E-state index in [-0.39, 0.29) is 7.83 Å². The standard InChI is InChI=1S/C4H16Si3/c1-3-4-7(5)6-2/h7H,3-4,6H2,1-2,5H3. The second-order valence-corrected chi connectivity index (χ2v) is 22.3. The van der Waals surface area contributed by atoms with E-state index in [1.54, 1.807) is 15.8 Å². The first-order valence-corrected chi connectivity index (χ1v) is 13.4. The topological polar surface area (TPSA) is 0 Å². The van der Waals surface area contributed by atoms with E-state index >= 15 is 0 Å². The van der Waals surface area contributed by atoms with Gasteiger partial charge in [-0.1, -0.05) is 25.9 Å². The normalized spacial score (nSPS) is 16.3. The summed E-state index contributed by atoms with van der Waals surface area (Å²) in [4.78, 5) is 0. The van der Waals surface area contributed by atoms with Crippen LogP contribution in [0.2, 0.25) is 12.6 Å². The average molecular weight is 148 g/mol. The van der Waals surface area contributed by atoms with E-state index < -0.39 is 0 Å². The molecule has 0 aliphatic rings. The Hall–Kier alpha value is 0.651. The molecule has 0 aliphatic heterocycles. The third-order valence-electron chi connectivity index (χ3n) is 1.48. The molecule has 0 aromatic rings. The van der Waals surface area contributed by atoms with Gasteiger partial charge in [0.1, 0.15) is 0 Å². The van der Waals surface area contributed by atoms with Gasteiger partial charge < -0.3 is 0 Å². The summed E-state index contributed by atoms with van der Waals surface area (Å²) in [5.74, 6) is 0. The lowest BCUT2D eigenvalue weighted by Crippen LogP contribution is -2.19. The molecule has 0 fully saturated rings. The molecule has 44 valence electrons. The van der Waals surface area contributed by atoms with Gasteiger partial charge in [-0.2, -0.15) is 0 Å². The summed E-state index contributed by atoms with van der Waals surface area (Å²) in [6.07, 6.45) is 1.47. The van der Waals surface area contributed by atoms with Crippen LogP contribution in [-0.4, -0.2) is 26.6 Å². The van der Waals surface area contributed by atoms with Crippen LogP contribution in [0.15, 0.2) is 0 Å². The summed E-state index contributed by atoms with van der Waals surface area (Å²) >= 11 is 0. The predicted octanol–water partition coefficient (Wildman–Crippen LogP) is -0.801. The minimum atomic E-state index is 0.0965. The largest absolute Gasteiger partial charge is 0.0771 e. The van der Waals surface area contributed by atoms with Crippen LogP contribution in [0.25, 0.3) is 0 Å². The van der Waals surface area contributed by atoms with E-state index in [1.807, 2.05) is 0 Å². The van der Waals surface area contributed by atoms with Crippen molar-refractivity contribution >= 4 is 26.6 Å². The molecule has 3 heteroatoms. The maximum Gasteiger partial charge on any atom is 0.00877 e. The van der Waals surface area contributed by atoms with Crippen molar-refractivity contribution in [3.8, 4) is 0 Å². The Morgan fingerprint density at radius 2 is 2.29 bits per heavy atom. The van der Waals surface area contributed by atoms with Crippen LogP contribution in [0.1, 0.15) is 13.3 Å². The van der Waals surface area contributed by atoms with Gasteiger partial charge in [-0.25, -0.2) is 0 Å². The van der Waals surface area contributed by atoms with Crippen LogP contribution in [0, 0.1) is 0 Å². The summed E-state index contributed by atoms with van der Waals surface area (Å²) in [6.45, 7) is 4.81. The Labute approximate surface area is 53.1 Å². The molecule has 0 nitrogen and oxygen atoms in total. The van der Waals surface area contributed by atoms with E-state index in [1.165, 1.54) is 6.42 Å². The third kappa shape index (κ3) is 4.50. The Morgan fingerprint density at radius 3 is 2.43 bits per heavy atom. The molecule has 0 heterocycles. The van der Waals surface area contributed by atoms with Gasteiger partial charge in [0.15, 0.2) is 0 Å². The zero-order valence-corrected chi connectivity index (χ0v) is 10.3. The molecule has 7 heavy (non-hydrogen) atoms. The summed E-state index contributed by atoms with van der Waals surface area (Å²) < 4.78 is 0. The Morgan fingerprint density at radius 1 is 1.71 bits per heavy atom. The lowest BCUT2D eigenvalue weighted by atomic mass is 10.6. The van der Waals surface area contributed by atoms with Crippen LogP contribution >= 0.6 is 0 Å². The maximum absolute atomic E-state index is 2.49. The van der Waals surface area contributed by atoms with E-state index in [2.05, 4.69) is 13.5 Å². The lowest BCUT2D eigenvalue weighted by molar-refractivity contribution is 1.08. The molecule has 0 saturated carbocycles. The monoisotopic (exact) mass is 148 g/mol. The summed E-state index contributed by atoms with van der Waals surface area (Å²) in [6, 6.07) is 1.66. The molecular weight excluding hydrogens is 132 g/mol. The number of rotatable bonds is 3. The molecule has 0 aliphatic carbocycles. The van der Waals surface area contributed by atoms with Crippen molar-refractivity contribution in [2.24, 2.45) is 0 Å².